The van der Waals surface area contributed by atoms with E-state index in [0.717, 1.165) is 54.0 Å². The summed E-state index contributed by atoms with van der Waals surface area (Å²) in [6.07, 6.45) is 2.58. The second kappa shape index (κ2) is 8.23. The first-order valence-corrected chi connectivity index (χ1v) is 10.9. The number of hydrogen-bond acceptors (Lipinski definition) is 7. The summed E-state index contributed by atoms with van der Waals surface area (Å²) in [5.74, 6) is 0.296. The molecule has 9 nitrogen and oxygen atoms in total. The van der Waals surface area contributed by atoms with Crippen molar-refractivity contribution in [1.29, 1.82) is 0 Å². The quantitative estimate of drug-likeness (QED) is 0.638. The number of anilines is 1. The fourth-order valence-electron chi connectivity index (χ4n) is 4.48. The normalized spacial score (nSPS) is 18.1. The molecule has 1 saturated heterocycles. The molecule has 3 aromatic rings. The summed E-state index contributed by atoms with van der Waals surface area (Å²) in [4.78, 5) is 40.6. The van der Waals surface area contributed by atoms with Gasteiger partial charge in [-0.15, -0.1) is 0 Å². The van der Waals surface area contributed by atoms with Gasteiger partial charge in [-0.3, -0.25) is 19.5 Å². The van der Waals surface area contributed by atoms with Gasteiger partial charge in [0.05, 0.1) is 17.1 Å². The van der Waals surface area contributed by atoms with Gasteiger partial charge in [-0.1, -0.05) is 6.92 Å². The maximum absolute atomic E-state index is 12.2. The number of carbonyl (C=O) groups is 1. The van der Waals surface area contributed by atoms with Crippen LogP contribution in [-0.2, 0) is 13.0 Å². The Kier molecular flexibility index (Phi) is 5.26. The SMILES string of the molecule is CCc1cc2ncc(CN3CCN4c5ccc(C(=O)NC)nc5OCC4C3)cc2[nH]c1=O. The molecule has 0 aliphatic carbocycles. The zero-order valence-electron chi connectivity index (χ0n) is 18.2. The van der Waals surface area contributed by atoms with Gasteiger partial charge < -0.3 is 19.9 Å². The summed E-state index contributed by atoms with van der Waals surface area (Å²) in [5.41, 5.74) is 4.66. The van der Waals surface area contributed by atoms with Crippen molar-refractivity contribution < 1.29 is 9.53 Å². The predicted octanol–water partition coefficient (Wildman–Crippen LogP) is 1.32. The molecule has 3 aromatic heterocycles. The molecule has 2 N–H and O–H groups in total. The topological polar surface area (TPSA) is 103 Å². The Bertz CT molecular complexity index is 1240. The number of aryl methyl sites for hydroxylation is 1. The minimum absolute atomic E-state index is 0.0428. The summed E-state index contributed by atoms with van der Waals surface area (Å²) >= 11 is 0. The maximum Gasteiger partial charge on any atom is 0.269 e. The van der Waals surface area contributed by atoms with Crippen LogP contribution in [0.3, 0.4) is 0 Å². The van der Waals surface area contributed by atoms with E-state index in [1.165, 1.54) is 0 Å². The van der Waals surface area contributed by atoms with Crippen molar-refractivity contribution in [1.82, 2.24) is 25.2 Å². The lowest BCUT2D eigenvalue weighted by Gasteiger charge is -2.45. The molecule has 0 spiro atoms. The lowest BCUT2D eigenvalue weighted by atomic mass is 10.1. The summed E-state index contributed by atoms with van der Waals surface area (Å²) in [5, 5.41) is 2.59. The monoisotopic (exact) mass is 434 g/mol. The third-order valence-corrected chi connectivity index (χ3v) is 6.20. The van der Waals surface area contributed by atoms with Crippen molar-refractivity contribution in [2.45, 2.75) is 25.9 Å². The number of H-pyrrole nitrogens is 1. The lowest BCUT2D eigenvalue weighted by Crippen LogP contribution is -2.57. The maximum atomic E-state index is 12.2. The van der Waals surface area contributed by atoms with Crippen LogP contribution in [0.5, 0.6) is 5.88 Å². The summed E-state index contributed by atoms with van der Waals surface area (Å²) in [6, 6.07) is 7.76. The Morgan fingerprint density at radius 2 is 2.19 bits per heavy atom. The van der Waals surface area contributed by atoms with E-state index in [-0.39, 0.29) is 17.5 Å². The van der Waals surface area contributed by atoms with E-state index < -0.39 is 0 Å². The molecule has 32 heavy (non-hydrogen) atoms. The minimum Gasteiger partial charge on any atom is -0.474 e. The first-order valence-electron chi connectivity index (χ1n) is 10.9. The number of piperazine rings is 1. The van der Waals surface area contributed by atoms with Crippen LogP contribution >= 0.6 is 0 Å². The lowest BCUT2D eigenvalue weighted by molar-refractivity contribution is 0.0956. The number of pyridine rings is 3. The van der Waals surface area contributed by atoms with E-state index in [0.29, 0.717) is 24.6 Å². The van der Waals surface area contributed by atoms with Gasteiger partial charge in [0, 0.05) is 45.0 Å². The average Bonchev–Trinajstić information content (AvgIpc) is 2.82. The molecule has 9 heteroatoms. The number of aromatic amines is 1. The molecule has 166 valence electrons. The smallest absolute Gasteiger partial charge is 0.269 e. The molecule has 0 bridgehead atoms. The Hall–Kier alpha value is -3.46. The van der Waals surface area contributed by atoms with E-state index in [1.54, 1.807) is 13.1 Å². The first kappa shape index (κ1) is 20.4. The predicted molar refractivity (Wildman–Crippen MR) is 121 cm³/mol. The van der Waals surface area contributed by atoms with E-state index in [1.807, 2.05) is 31.3 Å². The third kappa shape index (κ3) is 3.69. The molecule has 0 saturated carbocycles. The van der Waals surface area contributed by atoms with E-state index in [2.05, 4.69) is 30.1 Å². The standard InChI is InChI=1S/C23H26N6O3/c1-3-15-9-18-19(26-21(15)30)8-14(10-25-18)11-28-6-7-29-16(12-28)13-32-23-20(29)5-4-17(27-23)22(31)24-2/h4-5,8-10,16H,3,6-7,11-13H2,1-2H3,(H,24,31)(H,26,30). The highest BCUT2D eigenvalue weighted by Crippen LogP contribution is 2.34. The molecule has 5 heterocycles. The minimum atomic E-state index is -0.223. The summed E-state index contributed by atoms with van der Waals surface area (Å²) in [6.45, 7) is 5.83. The number of rotatable bonds is 4. The number of ether oxygens (including phenoxy) is 1. The Morgan fingerprint density at radius 1 is 1.31 bits per heavy atom. The number of carbonyl (C=O) groups excluding carboxylic acids is 1. The van der Waals surface area contributed by atoms with E-state index in [4.69, 9.17) is 4.74 Å². The van der Waals surface area contributed by atoms with Gasteiger partial charge in [0.25, 0.3) is 11.5 Å². The first-order chi connectivity index (χ1) is 15.6. The third-order valence-electron chi connectivity index (χ3n) is 6.20. The molecule has 2 aliphatic heterocycles. The molecule has 1 unspecified atom stereocenters. The van der Waals surface area contributed by atoms with Crippen molar-refractivity contribution >= 4 is 22.6 Å². The van der Waals surface area contributed by atoms with Crippen LogP contribution in [0.1, 0.15) is 28.5 Å². The van der Waals surface area contributed by atoms with Gasteiger partial charge in [-0.05, 0) is 36.2 Å². The highest BCUT2D eigenvalue weighted by atomic mass is 16.5. The van der Waals surface area contributed by atoms with Crippen LogP contribution in [0.25, 0.3) is 11.0 Å². The van der Waals surface area contributed by atoms with Crippen LogP contribution in [0, 0.1) is 0 Å². The molecule has 1 atom stereocenters. The highest BCUT2D eigenvalue weighted by Gasteiger charge is 2.34. The second-order valence-electron chi connectivity index (χ2n) is 8.25. The van der Waals surface area contributed by atoms with Crippen molar-refractivity contribution in [3.05, 3.63) is 57.6 Å². The van der Waals surface area contributed by atoms with Gasteiger partial charge in [-0.2, -0.15) is 0 Å². The highest BCUT2D eigenvalue weighted by molar-refractivity contribution is 5.92. The Balaban J connectivity index is 1.30. The van der Waals surface area contributed by atoms with Crippen molar-refractivity contribution in [2.75, 3.05) is 38.2 Å². The molecular weight excluding hydrogens is 408 g/mol. The van der Waals surface area contributed by atoms with Crippen LogP contribution < -0.4 is 20.5 Å². The van der Waals surface area contributed by atoms with Crippen LogP contribution in [0.2, 0.25) is 0 Å². The molecule has 1 amide bonds. The average molecular weight is 435 g/mol. The molecule has 0 radical (unpaired) electrons. The summed E-state index contributed by atoms with van der Waals surface area (Å²) in [7, 11) is 1.59. The van der Waals surface area contributed by atoms with Gasteiger partial charge in [-0.25, -0.2) is 4.98 Å². The van der Waals surface area contributed by atoms with Crippen molar-refractivity contribution in [3.8, 4) is 5.88 Å². The van der Waals surface area contributed by atoms with Crippen molar-refractivity contribution in [2.24, 2.45) is 0 Å². The zero-order chi connectivity index (χ0) is 22.2. The Labute approximate surface area is 185 Å². The second-order valence-corrected chi connectivity index (χ2v) is 8.25. The zero-order valence-corrected chi connectivity index (χ0v) is 18.2. The largest absolute Gasteiger partial charge is 0.474 e. The van der Waals surface area contributed by atoms with E-state index in [9.17, 15) is 9.59 Å². The van der Waals surface area contributed by atoms with Gasteiger partial charge in [0.2, 0.25) is 5.88 Å². The fourth-order valence-corrected chi connectivity index (χ4v) is 4.48. The fraction of sp³-hybridized carbons (Fsp3) is 0.391. The molecule has 0 aromatic carbocycles. The molecule has 5 rings (SSSR count). The van der Waals surface area contributed by atoms with E-state index >= 15 is 0 Å². The number of nitrogens with zero attached hydrogens (tertiary/aromatic N) is 4. The number of nitrogens with one attached hydrogen (secondary N) is 2. The Morgan fingerprint density at radius 3 is 3.00 bits per heavy atom. The molecule has 1 fully saturated rings. The number of fused-ring (bicyclic) bond motifs is 4. The molecular formula is C23H26N6O3. The van der Waals surface area contributed by atoms with Crippen molar-refractivity contribution in [3.63, 3.8) is 0 Å². The van der Waals surface area contributed by atoms with Crippen LogP contribution in [-0.4, -0.2) is 65.1 Å². The van der Waals surface area contributed by atoms with Crippen LogP contribution in [0.4, 0.5) is 5.69 Å². The summed E-state index contributed by atoms with van der Waals surface area (Å²) < 4.78 is 5.91. The van der Waals surface area contributed by atoms with Gasteiger partial charge >= 0.3 is 0 Å². The number of aromatic nitrogens is 3. The van der Waals surface area contributed by atoms with Crippen LogP contribution in [0.15, 0.2) is 35.3 Å². The number of hydrogen-bond donors (Lipinski definition) is 2. The van der Waals surface area contributed by atoms with Gasteiger partial charge in [0.15, 0.2) is 0 Å². The number of amides is 1. The van der Waals surface area contributed by atoms with Gasteiger partial charge in [0.1, 0.15) is 18.0 Å². The molecule has 2 aliphatic rings.